The van der Waals surface area contributed by atoms with Crippen molar-refractivity contribution in [1.82, 2.24) is 14.9 Å². The van der Waals surface area contributed by atoms with E-state index in [1.807, 2.05) is 11.8 Å². The third-order valence-electron chi connectivity index (χ3n) is 5.41. The van der Waals surface area contributed by atoms with Gasteiger partial charge in [0.25, 0.3) is 5.91 Å². The van der Waals surface area contributed by atoms with Gasteiger partial charge >= 0.3 is 0 Å². The number of hydrogen-bond acceptors (Lipinski definition) is 5. The number of furan rings is 1. The maximum Gasteiger partial charge on any atom is 0.289 e. The summed E-state index contributed by atoms with van der Waals surface area (Å²) in [7, 11) is 0. The zero-order valence-corrected chi connectivity index (χ0v) is 17.3. The molecule has 6 nitrogen and oxygen atoms in total. The summed E-state index contributed by atoms with van der Waals surface area (Å²) in [5.74, 6) is 1.69. The number of benzene rings is 1. The molecule has 7 heteroatoms. The largest absolute Gasteiger partial charge is 0.459 e. The first kappa shape index (κ1) is 20.1. The van der Waals surface area contributed by atoms with Crippen LogP contribution in [0.5, 0.6) is 0 Å². The Morgan fingerprint density at radius 3 is 2.47 bits per heavy atom. The quantitative estimate of drug-likeness (QED) is 0.645. The molecule has 1 amide bonds. The fourth-order valence-corrected chi connectivity index (χ4v) is 3.86. The Labute approximate surface area is 175 Å². The van der Waals surface area contributed by atoms with Crippen molar-refractivity contribution < 1.29 is 13.6 Å². The highest BCUT2D eigenvalue weighted by Crippen LogP contribution is 2.26. The van der Waals surface area contributed by atoms with E-state index in [1.165, 1.54) is 18.4 Å². The van der Waals surface area contributed by atoms with Crippen molar-refractivity contribution >= 4 is 11.7 Å². The van der Waals surface area contributed by atoms with Crippen LogP contribution < -0.4 is 4.90 Å². The predicted octanol–water partition coefficient (Wildman–Crippen LogP) is 3.63. The van der Waals surface area contributed by atoms with E-state index in [1.54, 1.807) is 24.3 Å². The lowest BCUT2D eigenvalue weighted by Gasteiger charge is -2.36. The van der Waals surface area contributed by atoms with Gasteiger partial charge in [-0.05, 0) is 43.2 Å². The summed E-state index contributed by atoms with van der Waals surface area (Å²) < 4.78 is 18.6. The average Bonchev–Trinajstić information content (AvgIpc) is 3.30. The molecular formula is C23H25FN4O2. The van der Waals surface area contributed by atoms with E-state index in [4.69, 9.17) is 9.40 Å². The maximum absolute atomic E-state index is 13.3. The number of aromatic nitrogens is 2. The SMILES string of the molecule is CCc1nc(C)nc(N2CCN(C(=O)c3ccco3)CC2)c1Cc1ccc(F)cc1. The average molecular weight is 408 g/mol. The van der Waals surface area contributed by atoms with Crippen LogP contribution in [0.2, 0.25) is 0 Å². The molecule has 0 bridgehead atoms. The Hall–Kier alpha value is -3.22. The van der Waals surface area contributed by atoms with Crippen molar-refractivity contribution in [3.05, 3.63) is 76.9 Å². The minimum atomic E-state index is -0.243. The second-order valence-corrected chi connectivity index (χ2v) is 7.43. The predicted molar refractivity (Wildman–Crippen MR) is 112 cm³/mol. The number of nitrogens with zero attached hydrogens (tertiary/aromatic N) is 4. The molecule has 4 rings (SSSR count). The Morgan fingerprint density at radius 2 is 1.83 bits per heavy atom. The van der Waals surface area contributed by atoms with Gasteiger partial charge in [0.15, 0.2) is 5.76 Å². The number of carbonyl (C=O) groups is 1. The topological polar surface area (TPSA) is 62.5 Å². The van der Waals surface area contributed by atoms with Crippen LogP contribution in [-0.4, -0.2) is 47.0 Å². The van der Waals surface area contributed by atoms with Gasteiger partial charge in [0.2, 0.25) is 0 Å². The summed E-state index contributed by atoms with van der Waals surface area (Å²) in [6, 6.07) is 9.98. The van der Waals surface area contributed by atoms with Crippen LogP contribution in [-0.2, 0) is 12.8 Å². The fourth-order valence-electron chi connectivity index (χ4n) is 3.86. The van der Waals surface area contributed by atoms with Gasteiger partial charge in [-0.3, -0.25) is 4.79 Å². The number of rotatable bonds is 5. The number of carbonyl (C=O) groups excluding carboxylic acids is 1. The second-order valence-electron chi connectivity index (χ2n) is 7.43. The van der Waals surface area contributed by atoms with Crippen LogP contribution >= 0.6 is 0 Å². The van der Waals surface area contributed by atoms with E-state index in [2.05, 4.69) is 16.8 Å². The third-order valence-corrected chi connectivity index (χ3v) is 5.41. The molecule has 0 radical (unpaired) electrons. The molecule has 1 aliphatic rings. The van der Waals surface area contributed by atoms with Gasteiger partial charge < -0.3 is 14.2 Å². The molecule has 0 N–H and O–H groups in total. The molecule has 1 saturated heterocycles. The Morgan fingerprint density at radius 1 is 1.10 bits per heavy atom. The Balaban J connectivity index is 1.57. The van der Waals surface area contributed by atoms with Crippen LogP contribution in [0.3, 0.4) is 0 Å². The lowest BCUT2D eigenvalue weighted by molar-refractivity contribution is 0.0714. The number of piperazine rings is 1. The van der Waals surface area contributed by atoms with Gasteiger partial charge in [0.05, 0.1) is 6.26 Å². The number of amides is 1. The monoisotopic (exact) mass is 408 g/mol. The van der Waals surface area contributed by atoms with Crippen LogP contribution in [0, 0.1) is 12.7 Å². The Bertz CT molecular complexity index is 1010. The molecular weight excluding hydrogens is 383 g/mol. The van der Waals surface area contributed by atoms with Gasteiger partial charge in [-0.15, -0.1) is 0 Å². The van der Waals surface area contributed by atoms with Crippen molar-refractivity contribution in [2.45, 2.75) is 26.7 Å². The van der Waals surface area contributed by atoms with Gasteiger partial charge in [-0.25, -0.2) is 14.4 Å². The number of hydrogen-bond donors (Lipinski definition) is 0. The first-order chi connectivity index (χ1) is 14.5. The summed E-state index contributed by atoms with van der Waals surface area (Å²) in [5.41, 5.74) is 3.10. The third kappa shape index (κ3) is 4.20. The molecule has 0 aliphatic carbocycles. The zero-order chi connectivity index (χ0) is 21.1. The highest BCUT2D eigenvalue weighted by Gasteiger charge is 2.26. The van der Waals surface area contributed by atoms with Crippen molar-refractivity contribution in [3.63, 3.8) is 0 Å². The van der Waals surface area contributed by atoms with Crippen LogP contribution in [0.25, 0.3) is 0 Å². The molecule has 2 aromatic heterocycles. The molecule has 0 spiro atoms. The van der Waals surface area contributed by atoms with Crippen molar-refractivity contribution in [2.24, 2.45) is 0 Å². The lowest BCUT2D eigenvalue weighted by Crippen LogP contribution is -2.49. The summed E-state index contributed by atoms with van der Waals surface area (Å²) in [6.07, 6.45) is 2.95. The van der Waals surface area contributed by atoms with E-state index in [0.29, 0.717) is 38.4 Å². The molecule has 0 unspecified atom stereocenters. The number of halogens is 1. The van der Waals surface area contributed by atoms with Crippen molar-refractivity contribution in [1.29, 1.82) is 0 Å². The van der Waals surface area contributed by atoms with E-state index in [9.17, 15) is 9.18 Å². The standard InChI is InChI=1S/C23H25FN4O2/c1-3-20-19(15-17-6-8-18(24)9-7-17)22(26-16(2)25-20)27-10-12-28(13-11-27)23(29)21-5-4-14-30-21/h4-9,14H,3,10-13,15H2,1-2H3. The summed E-state index contributed by atoms with van der Waals surface area (Å²) in [5, 5.41) is 0. The van der Waals surface area contributed by atoms with Crippen LogP contribution in [0.1, 0.15) is 40.1 Å². The smallest absolute Gasteiger partial charge is 0.289 e. The van der Waals surface area contributed by atoms with Gasteiger partial charge in [-0.2, -0.15) is 0 Å². The maximum atomic E-state index is 13.3. The zero-order valence-electron chi connectivity index (χ0n) is 17.3. The summed E-state index contributed by atoms with van der Waals surface area (Å²) in [4.78, 5) is 26.0. The van der Waals surface area contributed by atoms with E-state index in [0.717, 1.165) is 34.9 Å². The molecule has 3 aromatic rings. The number of aryl methyl sites for hydroxylation is 2. The molecule has 30 heavy (non-hydrogen) atoms. The normalized spacial score (nSPS) is 14.2. The van der Waals surface area contributed by atoms with Crippen molar-refractivity contribution in [3.8, 4) is 0 Å². The highest BCUT2D eigenvalue weighted by molar-refractivity contribution is 5.91. The first-order valence-electron chi connectivity index (χ1n) is 10.2. The first-order valence-corrected chi connectivity index (χ1v) is 10.2. The highest BCUT2D eigenvalue weighted by atomic mass is 19.1. The van der Waals surface area contributed by atoms with Crippen molar-refractivity contribution in [2.75, 3.05) is 31.1 Å². The molecule has 3 heterocycles. The summed E-state index contributed by atoms with van der Waals surface area (Å²) >= 11 is 0. The molecule has 0 atom stereocenters. The second kappa shape index (κ2) is 8.65. The molecule has 1 aliphatic heterocycles. The lowest BCUT2D eigenvalue weighted by atomic mass is 10.0. The minimum absolute atomic E-state index is 0.0840. The molecule has 156 valence electrons. The molecule has 0 saturated carbocycles. The number of anilines is 1. The van der Waals surface area contributed by atoms with Gasteiger partial charge in [0.1, 0.15) is 17.5 Å². The van der Waals surface area contributed by atoms with E-state index in [-0.39, 0.29) is 11.7 Å². The van der Waals surface area contributed by atoms with Gasteiger partial charge in [-0.1, -0.05) is 19.1 Å². The summed E-state index contributed by atoms with van der Waals surface area (Å²) in [6.45, 7) is 6.55. The van der Waals surface area contributed by atoms with E-state index < -0.39 is 0 Å². The minimum Gasteiger partial charge on any atom is -0.459 e. The van der Waals surface area contributed by atoms with E-state index >= 15 is 0 Å². The fraction of sp³-hybridized carbons (Fsp3) is 0.348. The van der Waals surface area contributed by atoms with Crippen LogP contribution in [0.4, 0.5) is 10.2 Å². The Kier molecular flexibility index (Phi) is 5.79. The molecule has 1 fully saturated rings. The van der Waals surface area contributed by atoms with Gasteiger partial charge in [0, 0.05) is 43.9 Å². The van der Waals surface area contributed by atoms with Crippen LogP contribution in [0.15, 0.2) is 47.1 Å². The molecule has 1 aromatic carbocycles.